The maximum absolute atomic E-state index is 13.0. The van der Waals surface area contributed by atoms with Crippen LogP contribution in [0.2, 0.25) is 0 Å². The molecule has 4 aromatic rings. The Morgan fingerprint density at radius 2 is 2.03 bits per heavy atom. The van der Waals surface area contributed by atoms with E-state index in [1.165, 1.54) is 43.5 Å². The van der Waals surface area contributed by atoms with Gasteiger partial charge in [-0.05, 0) is 42.5 Å². The van der Waals surface area contributed by atoms with Crippen LogP contribution in [0.5, 0.6) is 5.75 Å². The molecule has 0 atom stereocenters. The van der Waals surface area contributed by atoms with Gasteiger partial charge in [-0.3, -0.25) is 20.2 Å². The number of nitro benzene ring substituents is 1. The first-order valence-corrected chi connectivity index (χ1v) is 9.72. The fraction of sp³-hybridized carbons (Fsp3) is 0.0476. The van der Waals surface area contributed by atoms with Crippen LogP contribution in [0.15, 0.2) is 59.0 Å². The van der Waals surface area contributed by atoms with Crippen LogP contribution >= 0.6 is 11.3 Å². The van der Waals surface area contributed by atoms with E-state index in [4.69, 9.17) is 9.15 Å². The first-order chi connectivity index (χ1) is 14.9. The number of thiazole rings is 1. The smallest absolute Gasteiger partial charge is 0.274 e. The number of carbonyl (C=O) groups excluding carboxylic acids is 1. The number of nitrogens with zero attached hydrogens (tertiary/aromatic N) is 2. The van der Waals surface area contributed by atoms with Crippen molar-refractivity contribution < 1.29 is 23.3 Å². The summed E-state index contributed by atoms with van der Waals surface area (Å²) in [5, 5.41) is 13.9. The third-order valence-corrected chi connectivity index (χ3v) is 5.18. The summed E-state index contributed by atoms with van der Waals surface area (Å²) in [5.74, 6) is 0.442. The zero-order chi connectivity index (χ0) is 22.0. The number of amides is 1. The molecule has 1 amide bonds. The number of fused-ring (bicyclic) bond motifs is 1. The number of hydrogen-bond donors (Lipinski definition) is 1. The third-order valence-electron chi connectivity index (χ3n) is 4.26. The summed E-state index contributed by atoms with van der Waals surface area (Å²) in [6.45, 7) is 0. The fourth-order valence-electron chi connectivity index (χ4n) is 2.82. The number of non-ortho nitro benzene ring substituents is 1. The second-order valence-electron chi connectivity index (χ2n) is 6.30. The van der Waals surface area contributed by atoms with Crippen LogP contribution in [0.25, 0.3) is 27.6 Å². The van der Waals surface area contributed by atoms with Crippen molar-refractivity contribution in [2.45, 2.75) is 0 Å². The Kier molecular flexibility index (Phi) is 5.46. The molecule has 2 aromatic carbocycles. The summed E-state index contributed by atoms with van der Waals surface area (Å²) in [6, 6.07) is 11.9. The number of anilines is 1. The number of carbonyl (C=O) groups is 1. The number of ether oxygens (including phenoxy) is 1. The van der Waals surface area contributed by atoms with Gasteiger partial charge < -0.3 is 9.15 Å². The van der Waals surface area contributed by atoms with E-state index in [0.717, 1.165) is 11.3 Å². The third kappa shape index (κ3) is 4.43. The average molecular weight is 439 g/mol. The first kappa shape index (κ1) is 20.2. The van der Waals surface area contributed by atoms with Crippen molar-refractivity contribution in [1.82, 2.24) is 4.98 Å². The lowest BCUT2D eigenvalue weighted by molar-refractivity contribution is -0.384. The highest BCUT2D eigenvalue weighted by atomic mass is 32.1. The topological polar surface area (TPSA) is 108 Å². The molecule has 10 heteroatoms. The molecule has 1 N–H and O–H groups in total. The molecule has 0 bridgehead atoms. The largest absolute Gasteiger partial charge is 0.494 e. The number of hydrogen-bond acceptors (Lipinski definition) is 7. The van der Waals surface area contributed by atoms with E-state index in [1.54, 1.807) is 24.3 Å². The van der Waals surface area contributed by atoms with Crippen LogP contribution in [0.1, 0.15) is 5.76 Å². The molecule has 0 aliphatic heterocycles. The van der Waals surface area contributed by atoms with Crippen LogP contribution in [0.3, 0.4) is 0 Å². The zero-order valence-electron chi connectivity index (χ0n) is 16.0. The standard InChI is InChI=1S/C21H14FN3O5S/c1-29-17-10-14(25(27)28)11-18-20(17)24-21(31-18)23-19(26)9-7-15-6-8-16(30-15)12-2-4-13(22)5-3-12/h2-11H,1H3,(H,23,24,26)/b9-7+. The molecule has 0 saturated carbocycles. The van der Waals surface area contributed by atoms with Gasteiger partial charge >= 0.3 is 0 Å². The van der Waals surface area contributed by atoms with Gasteiger partial charge in [-0.1, -0.05) is 11.3 Å². The van der Waals surface area contributed by atoms with E-state index < -0.39 is 10.8 Å². The van der Waals surface area contributed by atoms with Gasteiger partial charge in [-0.2, -0.15) is 0 Å². The number of rotatable bonds is 6. The molecule has 2 aromatic heterocycles. The Morgan fingerprint density at radius 3 is 2.74 bits per heavy atom. The second-order valence-corrected chi connectivity index (χ2v) is 7.33. The maximum Gasteiger partial charge on any atom is 0.274 e. The van der Waals surface area contributed by atoms with E-state index in [1.807, 2.05) is 0 Å². The van der Waals surface area contributed by atoms with Crippen molar-refractivity contribution in [2.24, 2.45) is 0 Å². The number of aromatic nitrogens is 1. The maximum atomic E-state index is 13.0. The van der Waals surface area contributed by atoms with Gasteiger partial charge in [0.25, 0.3) is 5.69 Å². The molecule has 2 heterocycles. The molecule has 0 spiro atoms. The molecular formula is C21H14FN3O5S. The van der Waals surface area contributed by atoms with Crippen LogP contribution in [-0.4, -0.2) is 22.9 Å². The van der Waals surface area contributed by atoms with Gasteiger partial charge in [0.05, 0.1) is 22.8 Å². The van der Waals surface area contributed by atoms with E-state index in [0.29, 0.717) is 27.3 Å². The molecule has 0 aliphatic carbocycles. The molecule has 31 heavy (non-hydrogen) atoms. The quantitative estimate of drug-likeness (QED) is 0.249. The van der Waals surface area contributed by atoms with Crippen molar-refractivity contribution in [3.8, 4) is 17.1 Å². The SMILES string of the molecule is COc1cc([N+](=O)[O-])cc2sc(NC(=O)/C=C/c3ccc(-c4ccc(F)cc4)o3)nc12. The molecular weight excluding hydrogens is 425 g/mol. The van der Waals surface area contributed by atoms with Gasteiger partial charge in [0.2, 0.25) is 5.91 Å². The average Bonchev–Trinajstić information content (AvgIpc) is 3.38. The van der Waals surface area contributed by atoms with Crippen LogP contribution in [0.4, 0.5) is 15.2 Å². The van der Waals surface area contributed by atoms with E-state index >= 15 is 0 Å². The van der Waals surface area contributed by atoms with E-state index in [9.17, 15) is 19.3 Å². The molecule has 0 saturated heterocycles. The zero-order valence-corrected chi connectivity index (χ0v) is 16.8. The van der Waals surface area contributed by atoms with E-state index in [2.05, 4.69) is 10.3 Å². The number of nitrogens with one attached hydrogen (secondary N) is 1. The van der Waals surface area contributed by atoms with Crippen molar-refractivity contribution in [3.63, 3.8) is 0 Å². The highest BCUT2D eigenvalue weighted by Gasteiger charge is 2.17. The van der Waals surface area contributed by atoms with Crippen molar-refractivity contribution in [1.29, 1.82) is 0 Å². The summed E-state index contributed by atoms with van der Waals surface area (Å²) in [7, 11) is 1.39. The Labute approximate surface area is 178 Å². The lowest BCUT2D eigenvalue weighted by atomic mass is 10.2. The minimum Gasteiger partial charge on any atom is -0.494 e. The van der Waals surface area contributed by atoms with Gasteiger partial charge in [0.15, 0.2) is 10.9 Å². The number of methoxy groups -OCH3 is 1. The Morgan fingerprint density at radius 1 is 1.26 bits per heavy atom. The van der Waals surface area contributed by atoms with Gasteiger partial charge in [0.1, 0.15) is 22.9 Å². The lowest BCUT2D eigenvalue weighted by Crippen LogP contribution is -2.07. The van der Waals surface area contributed by atoms with E-state index in [-0.39, 0.29) is 22.4 Å². The number of nitro groups is 1. The number of furan rings is 1. The van der Waals surface area contributed by atoms with Crippen LogP contribution < -0.4 is 10.1 Å². The molecule has 4 rings (SSSR count). The van der Waals surface area contributed by atoms with Gasteiger partial charge in [-0.25, -0.2) is 9.37 Å². The Bertz CT molecular complexity index is 1310. The molecule has 8 nitrogen and oxygen atoms in total. The minimum absolute atomic E-state index is 0.124. The second kappa shape index (κ2) is 8.36. The lowest BCUT2D eigenvalue weighted by Gasteiger charge is -1.99. The predicted octanol–water partition coefficient (Wildman–Crippen LogP) is 5.26. The minimum atomic E-state index is -0.522. The van der Waals surface area contributed by atoms with Gasteiger partial charge in [0, 0.05) is 17.7 Å². The normalized spacial score (nSPS) is 11.2. The summed E-state index contributed by atoms with van der Waals surface area (Å²) < 4.78 is 24.4. The fourth-order valence-corrected chi connectivity index (χ4v) is 3.74. The molecule has 0 fully saturated rings. The monoisotopic (exact) mass is 439 g/mol. The molecule has 0 unspecified atom stereocenters. The Balaban J connectivity index is 1.48. The highest BCUT2D eigenvalue weighted by molar-refractivity contribution is 7.22. The number of halogens is 1. The molecule has 0 aliphatic rings. The summed E-state index contributed by atoms with van der Waals surface area (Å²) in [4.78, 5) is 27.1. The van der Waals surface area contributed by atoms with Crippen molar-refractivity contribution in [2.75, 3.05) is 12.4 Å². The summed E-state index contributed by atoms with van der Waals surface area (Å²) in [5.41, 5.74) is 1.01. The molecule has 156 valence electrons. The summed E-state index contributed by atoms with van der Waals surface area (Å²) in [6.07, 6.45) is 2.76. The number of benzene rings is 2. The first-order valence-electron chi connectivity index (χ1n) is 8.91. The van der Waals surface area contributed by atoms with Crippen LogP contribution in [0, 0.1) is 15.9 Å². The van der Waals surface area contributed by atoms with Crippen LogP contribution in [-0.2, 0) is 4.79 Å². The predicted molar refractivity (Wildman–Crippen MR) is 115 cm³/mol. The summed E-state index contributed by atoms with van der Waals surface area (Å²) >= 11 is 1.10. The van der Waals surface area contributed by atoms with Crippen molar-refractivity contribution in [3.05, 3.63) is 76.3 Å². The molecule has 0 radical (unpaired) electrons. The Hall–Kier alpha value is -4.05. The van der Waals surface area contributed by atoms with Gasteiger partial charge in [-0.15, -0.1) is 0 Å². The highest BCUT2D eigenvalue weighted by Crippen LogP contribution is 2.36. The van der Waals surface area contributed by atoms with Crippen molar-refractivity contribution >= 4 is 44.4 Å².